The van der Waals surface area contributed by atoms with E-state index in [1.165, 1.54) is 23.3 Å². The molecule has 1 aromatic heterocycles. The molecular weight excluding hydrogens is 397 g/mol. The SMILES string of the molecule is Cc1cc(C)cc([C@@H](C)O[C@H]2OCCN(Cc3c[nH]c(=O)[nH]3)[C@H]2c2ccc(F)cc2)c1. The van der Waals surface area contributed by atoms with Gasteiger partial charge in [0.15, 0.2) is 6.29 Å². The molecule has 0 radical (unpaired) electrons. The van der Waals surface area contributed by atoms with Crippen molar-refractivity contribution in [1.82, 2.24) is 14.9 Å². The van der Waals surface area contributed by atoms with Crippen molar-refractivity contribution in [1.29, 1.82) is 0 Å². The zero-order chi connectivity index (χ0) is 22.0. The Labute approximate surface area is 181 Å². The van der Waals surface area contributed by atoms with Crippen LogP contribution in [-0.4, -0.2) is 34.3 Å². The minimum absolute atomic E-state index is 0.182. The second-order valence-electron chi connectivity index (χ2n) is 8.17. The number of nitrogens with zero attached hydrogens (tertiary/aromatic N) is 1. The van der Waals surface area contributed by atoms with Crippen molar-refractivity contribution in [2.75, 3.05) is 13.2 Å². The Balaban J connectivity index is 1.62. The van der Waals surface area contributed by atoms with Gasteiger partial charge in [-0.2, -0.15) is 0 Å². The predicted molar refractivity (Wildman–Crippen MR) is 116 cm³/mol. The van der Waals surface area contributed by atoms with Crippen molar-refractivity contribution in [3.05, 3.63) is 92.9 Å². The summed E-state index contributed by atoms with van der Waals surface area (Å²) in [6, 6.07) is 12.6. The van der Waals surface area contributed by atoms with E-state index in [1.807, 2.05) is 6.92 Å². The topological polar surface area (TPSA) is 70.3 Å². The number of aromatic nitrogens is 2. The summed E-state index contributed by atoms with van der Waals surface area (Å²) in [5.74, 6) is -0.289. The number of H-pyrrole nitrogens is 2. The summed E-state index contributed by atoms with van der Waals surface area (Å²) < 4.78 is 26.1. The van der Waals surface area contributed by atoms with E-state index in [4.69, 9.17) is 9.47 Å². The van der Waals surface area contributed by atoms with Crippen molar-refractivity contribution in [3.8, 4) is 0 Å². The number of hydrogen-bond acceptors (Lipinski definition) is 4. The van der Waals surface area contributed by atoms with E-state index >= 15 is 0 Å². The summed E-state index contributed by atoms with van der Waals surface area (Å²) in [6.07, 6.45) is 0.951. The molecule has 3 atom stereocenters. The molecule has 31 heavy (non-hydrogen) atoms. The molecule has 1 aliphatic heterocycles. The number of ether oxygens (including phenoxy) is 2. The molecule has 0 spiro atoms. The third kappa shape index (κ3) is 5.12. The molecule has 0 bridgehead atoms. The van der Waals surface area contributed by atoms with Crippen LogP contribution in [0.2, 0.25) is 0 Å². The Morgan fingerprint density at radius 3 is 2.55 bits per heavy atom. The number of halogens is 1. The molecule has 1 fully saturated rings. The molecule has 1 aliphatic rings. The van der Waals surface area contributed by atoms with Gasteiger partial charge in [0.25, 0.3) is 0 Å². The Morgan fingerprint density at radius 2 is 1.90 bits per heavy atom. The predicted octanol–water partition coefficient (Wildman–Crippen LogP) is 4.14. The van der Waals surface area contributed by atoms with Gasteiger partial charge in [0, 0.05) is 25.0 Å². The van der Waals surface area contributed by atoms with Crippen LogP contribution < -0.4 is 5.69 Å². The zero-order valence-electron chi connectivity index (χ0n) is 18.0. The molecule has 0 saturated carbocycles. The highest BCUT2D eigenvalue weighted by Crippen LogP contribution is 2.34. The van der Waals surface area contributed by atoms with Crippen molar-refractivity contribution < 1.29 is 13.9 Å². The molecule has 0 unspecified atom stereocenters. The first-order valence-electron chi connectivity index (χ1n) is 10.5. The van der Waals surface area contributed by atoms with Gasteiger partial charge in [-0.25, -0.2) is 9.18 Å². The molecule has 2 N–H and O–H groups in total. The quantitative estimate of drug-likeness (QED) is 0.623. The van der Waals surface area contributed by atoms with Gasteiger partial charge in [-0.3, -0.25) is 4.90 Å². The highest BCUT2D eigenvalue weighted by atomic mass is 19.1. The van der Waals surface area contributed by atoms with Crippen molar-refractivity contribution in [3.63, 3.8) is 0 Å². The number of aromatic amines is 2. The number of aryl methyl sites for hydroxylation is 2. The normalized spacial score (nSPS) is 20.6. The van der Waals surface area contributed by atoms with Crippen LogP contribution in [0.15, 0.2) is 53.5 Å². The molecule has 2 heterocycles. The molecule has 2 aromatic carbocycles. The van der Waals surface area contributed by atoms with Crippen molar-refractivity contribution in [2.45, 2.75) is 45.8 Å². The monoisotopic (exact) mass is 425 g/mol. The highest BCUT2D eigenvalue weighted by Gasteiger charge is 2.36. The molecule has 7 heteroatoms. The maximum atomic E-state index is 13.6. The maximum absolute atomic E-state index is 13.6. The van der Waals surface area contributed by atoms with Crippen LogP contribution in [0.5, 0.6) is 0 Å². The van der Waals surface area contributed by atoms with Crippen molar-refractivity contribution >= 4 is 0 Å². The summed E-state index contributed by atoms with van der Waals surface area (Å²) in [4.78, 5) is 19.2. The van der Waals surface area contributed by atoms with Gasteiger partial charge in [0.05, 0.1) is 18.8 Å². The van der Waals surface area contributed by atoms with Gasteiger partial charge >= 0.3 is 5.69 Å². The van der Waals surface area contributed by atoms with Crippen LogP contribution in [0.25, 0.3) is 0 Å². The Kier molecular flexibility index (Phi) is 6.36. The van der Waals surface area contributed by atoms with Gasteiger partial charge in [0.1, 0.15) is 5.82 Å². The average molecular weight is 426 g/mol. The maximum Gasteiger partial charge on any atom is 0.323 e. The Bertz CT molecular complexity index is 1060. The number of rotatable bonds is 6. The molecule has 4 rings (SSSR count). The van der Waals surface area contributed by atoms with Crippen molar-refractivity contribution in [2.24, 2.45) is 0 Å². The summed E-state index contributed by atoms with van der Waals surface area (Å²) >= 11 is 0. The lowest BCUT2D eigenvalue weighted by Gasteiger charge is -2.42. The Morgan fingerprint density at radius 1 is 1.19 bits per heavy atom. The third-order valence-electron chi connectivity index (χ3n) is 5.60. The fourth-order valence-electron chi connectivity index (χ4n) is 4.21. The number of benzene rings is 2. The molecule has 0 amide bonds. The van der Waals surface area contributed by atoms with Crippen LogP contribution >= 0.6 is 0 Å². The van der Waals surface area contributed by atoms with E-state index in [9.17, 15) is 9.18 Å². The lowest BCUT2D eigenvalue weighted by Crippen LogP contribution is -2.46. The van der Waals surface area contributed by atoms with Gasteiger partial charge < -0.3 is 19.4 Å². The molecule has 3 aromatic rings. The van der Waals surface area contributed by atoms with E-state index in [1.54, 1.807) is 18.3 Å². The second-order valence-corrected chi connectivity index (χ2v) is 8.17. The summed E-state index contributed by atoms with van der Waals surface area (Å²) in [7, 11) is 0. The molecule has 0 aliphatic carbocycles. The van der Waals surface area contributed by atoms with E-state index in [0.29, 0.717) is 19.7 Å². The fraction of sp³-hybridized carbons (Fsp3) is 0.375. The van der Waals surface area contributed by atoms with Crippen LogP contribution in [-0.2, 0) is 16.0 Å². The molecule has 6 nitrogen and oxygen atoms in total. The smallest absolute Gasteiger partial charge is 0.323 e. The van der Waals surface area contributed by atoms with Gasteiger partial charge in [-0.15, -0.1) is 0 Å². The minimum Gasteiger partial charge on any atom is -0.349 e. The van der Waals surface area contributed by atoms with E-state index in [2.05, 4.69) is 46.9 Å². The third-order valence-corrected chi connectivity index (χ3v) is 5.60. The van der Waals surface area contributed by atoms with E-state index in [0.717, 1.165) is 16.8 Å². The molecular formula is C24H28FN3O3. The fourth-order valence-corrected chi connectivity index (χ4v) is 4.21. The largest absolute Gasteiger partial charge is 0.349 e. The van der Waals surface area contributed by atoms with Crippen LogP contribution in [0.4, 0.5) is 4.39 Å². The van der Waals surface area contributed by atoms with E-state index < -0.39 is 6.29 Å². The van der Waals surface area contributed by atoms with Gasteiger partial charge in [-0.05, 0) is 44.0 Å². The van der Waals surface area contributed by atoms with Gasteiger partial charge in [0.2, 0.25) is 0 Å². The second kappa shape index (κ2) is 9.18. The molecule has 164 valence electrons. The Hall–Kier alpha value is -2.74. The van der Waals surface area contributed by atoms with Crippen LogP contribution in [0, 0.1) is 19.7 Å². The summed E-state index contributed by atoms with van der Waals surface area (Å²) in [5.41, 5.74) is 4.90. The molecule has 1 saturated heterocycles. The first-order valence-corrected chi connectivity index (χ1v) is 10.5. The number of nitrogens with one attached hydrogen (secondary N) is 2. The first-order chi connectivity index (χ1) is 14.9. The van der Waals surface area contributed by atoms with Gasteiger partial charge in [-0.1, -0.05) is 41.5 Å². The highest BCUT2D eigenvalue weighted by molar-refractivity contribution is 5.30. The number of imidazole rings is 1. The standard InChI is InChI=1S/C24H28FN3O3/c1-15-10-16(2)12-19(11-15)17(3)31-23-22(18-4-6-20(25)7-5-18)28(8-9-30-23)14-21-13-26-24(29)27-21/h4-7,10-13,17,22-23H,8-9,14H2,1-3H3,(H2,26,27,29)/t17-,22+,23-/m1/s1. The van der Waals surface area contributed by atoms with Crippen LogP contribution in [0.3, 0.4) is 0 Å². The number of hydrogen-bond donors (Lipinski definition) is 2. The van der Waals surface area contributed by atoms with E-state index in [-0.39, 0.29) is 23.7 Å². The summed E-state index contributed by atoms with van der Waals surface area (Å²) in [6.45, 7) is 7.83. The minimum atomic E-state index is -0.541. The number of morpholine rings is 1. The lowest BCUT2D eigenvalue weighted by atomic mass is 10.0. The first kappa shape index (κ1) is 21.5. The van der Waals surface area contributed by atoms with Crippen LogP contribution in [0.1, 0.15) is 47.0 Å². The summed E-state index contributed by atoms with van der Waals surface area (Å²) in [5, 5.41) is 0. The zero-order valence-corrected chi connectivity index (χ0v) is 18.0. The average Bonchev–Trinajstić information content (AvgIpc) is 3.13. The lowest BCUT2D eigenvalue weighted by molar-refractivity contribution is -0.231.